The van der Waals surface area contributed by atoms with Crippen molar-refractivity contribution < 1.29 is 0 Å². The molecule has 0 aliphatic rings. The smallest absolute Gasteiger partial charge is 0.164 e. The second kappa shape index (κ2) is 12.1. The number of thiophene rings is 1. The summed E-state index contributed by atoms with van der Waals surface area (Å²) in [4.78, 5) is 15.2. The van der Waals surface area contributed by atoms with Gasteiger partial charge in [0, 0.05) is 36.9 Å². The van der Waals surface area contributed by atoms with E-state index in [9.17, 15) is 0 Å². The van der Waals surface area contributed by atoms with Crippen LogP contribution in [0.4, 0.5) is 0 Å². The van der Waals surface area contributed by atoms with E-state index in [-0.39, 0.29) is 0 Å². The van der Waals surface area contributed by atoms with Gasteiger partial charge in [0.25, 0.3) is 0 Å². The number of benzene rings is 8. The van der Waals surface area contributed by atoms with Crippen molar-refractivity contribution in [1.29, 1.82) is 0 Å². The molecule has 0 unspecified atom stereocenters. The fourth-order valence-electron chi connectivity index (χ4n) is 7.17. The van der Waals surface area contributed by atoms with E-state index in [0.29, 0.717) is 17.5 Å². The van der Waals surface area contributed by atoms with E-state index in [4.69, 9.17) is 15.0 Å². The molecule has 3 nitrogen and oxygen atoms in total. The molecule has 0 saturated carbocycles. The molecule has 0 aliphatic heterocycles. The van der Waals surface area contributed by atoms with Crippen LogP contribution in [0.3, 0.4) is 0 Å². The monoisotopic (exact) mass is 667 g/mol. The molecule has 2 heterocycles. The van der Waals surface area contributed by atoms with E-state index in [1.54, 1.807) is 0 Å². The van der Waals surface area contributed by atoms with Gasteiger partial charge in [0.2, 0.25) is 0 Å². The van der Waals surface area contributed by atoms with Crippen molar-refractivity contribution in [1.82, 2.24) is 15.0 Å². The van der Waals surface area contributed by atoms with Crippen molar-refractivity contribution in [2.45, 2.75) is 0 Å². The second-order valence-electron chi connectivity index (χ2n) is 12.8. The van der Waals surface area contributed by atoms with Gasteiger partial charge in [-0.15, -0.1) is 11.3 Å². The van der Waals surface area contributed by atoms with E-state index in [1.807, 2.05) is 47.7 Å². The summed E-state index contributed by atoms with van der Waals surface area (Å²) in [6.07, 6.45) is 0. The zero-order chi connectivity index (χ0) is 33.7. The summed E-state index contributed by atoms with van der Waals surface area (Å²) in [5.41, 5.74) is 7.37. The molecule has 51 heavy (non-hydrogen) atoms. The van der Waals surface area contributed by atoms with E-state index >= 15 is 0 Å². The van der Waals surface area contributed by atoms with Crippen LogP contribution in [-0.2, 0) is 0 Å². The maximum Gasteiger partial charge on any atom is 0.164 e. The molecule has 0 saturated heterocycles. The van der Waals surface area contributed by atoms with Gasteiger partial charge < -0.3 is 0 Å². The Labute approximate surface area is 299 Å². The first-order valence-corrected chi connectivity index (χ1v) is 17.9. The molecule has 238 valence electrons. The zero-order valence-corrected chi connectivity index (χ0v) is 28.3. The van der Waals surface area contributed by atoms with Crippen LogP contribution in [0.5, 0.6) is 0 Å². The molecule has 2 aromatic heterocycles. The topological polar surface area (TPSA) is 38.7 Å². The lowest BCUT2D eigenvalue weighted by Crippen LogP contribution is -2.01. The predicted molar refractivity (Wildman–Crippen MR) is 215 cm³/mol. The van der Waals surface area contributed by atoms with Crippen molar-refractivity contribution in [2.24, 2.45) is 0 Å². The first-order chi connectivity index (χ1) is 25.2. The molecule has 0 fully saturated rings. The average molecular weight is 668 g/mol. The second-order valence-corrected chi connectivity index (χ2v) is 13.9. The summed E-state index contributed by atoms with van der Waals surface area (Å²) in [5.74, 6) is 1.94. The highest BCUT2D eigenvalue weighted by Gasteiger charge is 2.18. The SMILES string of the molecule is c1ccc(-c2nc(-c3ccccc3)nc(-c3ccc(-c4ccc5c(c4)sc4ccccc45)cc3-c3ccc4c(ccc5ccccc54)c3)n2)cc1. The van der Waals surface area contributed by atoms with Gasteiger partial charge in [-0.25, -0.2) is 15.0 Å². The molecule has 0 spiro atoms. The van der Waals surface area contributed by atoms with E-state index in [1.165, 1.54) is 47.3 Å². The lowest BCUT2D eigenvalue weighted by Gasteiger charge is -2.15. The van der Waals surface area contributed by atoms with Crippen molar-refractivity contribution >= 4 is 53.1 Å². The third kappa shape index (κ3) is 5.25. The van der Waals surface area contributed by atoms with E-state index in [0.717, 1.165) is 33.4 Å². The molecule has 0 aliphatic carbocycles. The van der Waals surface area contributed by atoms with Crippen LogP contribution < -0.4 is 0 Å². The molecule has 0 bridgehead atoms. The van der Waals surface area contributed by atoms with Crippen molar-refractivity contribution in [2.75, 3.05) is 0 Å². The molecule has 8 aromatic carbocycles. The first-order valence-electron chi connectivity index (χ1n) is 17.1. The summed E-state index contributed by atoms with van der Waals surface area (Å²) >= 11 is 1.85. The summed E-state index contributed by atoms with van der Waals surface area (Å²) in [6, 6.07) is 62.3. The molecular formula is C47H29N3S. The van der Waals surface area contributed by atoms with Crippen LogP contribution >= 0.6 is 11.3 Å². The van der Waals surface area contributed by atoms with Crippen LogP contribution in [0, 0.1) is 0 Å². The van der Waals surface area contributed by atoms with Gasteiger partial charge in [-0.3, -0.25) is 0 Å². The quantitative estimate of drug-likeness (QED) is 0.171. The maximum absolute atomic E-state index is 5.14. The predicted octanol–water partition coefficient (Wildman–Crippen LogP) is 12.9. The molecule has 10 rings (SSSR count). The van der Waals surface area contributed by atoms with Crippen LogP contribution in [0.2, 0.25) is 0 Å². The minimum absolute atomic E-state index is 0.642. The third-order valence-corrected chi connectivity index (χ3v) is 10.9. The molecule has 0 amide bonds. The maximum atomic E-state index is 5.14. The van der Waals surface area contributed by atoms with Gasteiger partial charge in [-0.1, -0.05) is 146 Å². The molecule has 0 radical (unpaired) electrons. The number of hydrogen-bond donors (Lipinski definition) is 0. The minimum atomic E-state index is 0.642. The Hall–Kier alpha value is -6.49. The third-order valence-electron chi connectivity index (χ3n) is 9.73. The standard InChI is InChI=1S/C47H29N3S/c1-3-12-31(13-4-1)45-48-46(32-14-5-2-6-15-32)50-47(49-45)41-26-22-33(34-21-25-40-39-17-9-10-18-43(39)51-44(40)29-34)28-42(41)36-23-24-38-35(27-36)20-19-30-11-7-8-16-37(30)38/h1-29H. The zero-order valence-electron chi connectivity index (χ0n) is 27.5. The lowest BCUT2D eigenvalue weighted by molar-refractivity contribution is 1.07. The Morgan fingerprint density at radius 2 is 0.843 bits per heavy atom. The van der Waals surface area contributed by atoms with Crippen molar-refractivity contribution in [3.8, 4) is 56.4 Å². The highest BCUT2D eigenvalue weighted by molar-refractivity contribution is 7.25. The number of aromatic nitrogens is 3. The van der Waals surface area contributed by atoms with Crippen LogP contribution in [0.15, 0.2) is 176 Å². The highest BCUT2D eigenvalue weighted by atomic mass is 32.1. The van der Waals surface area contributed by atoms with E-state index < -0.39 is 0 Å². The normalized spacial score (nSPS) is 11.5. The highest BCUT2D eigenvalue weighted by Crippen LogP contribution is 2.40. The van der Waals surface area contributed by atoms with Crippen LogP contribution in [0.1, 0.15) is 0 Å². The molecule has 0 atom stereocenters. The van der Waals surface area contributed by atoms with Gasteiger partial charge >= 0.3 is 0 Å². The van der Waals surface area contributed by atoms with E-state index in [2.05, 4.69) is 140 Å². The summed E-state index contributed by atoms with van der Waals surface area (Å²) in [5, 5.41) is 7.53. The van der Waals surface area contributed by atoms with Gasteiger partial charge in [0.1, 0.15) is 0 Å². The number of hydrogen-bond acceptors (Lipinski definition) is 4. The van der Waals surface area contributed by atoms with Gasteiger partial charge in [-0.05, 0) is 74.1 Å². The van der Waals surface area contributed by atoms with Crippen LogP contribution in [-0.4, -0.2) is 15.0 Å². The Morgan fingerprint density at radius 3 is 1.63 bits per heavy atom. The summed E-state index contributed by atoms with van der Waals surface area (Å²) < 4.78 is 2.59. The molecular weight excluding hydrogens is 639 g/mol. The van der Waals surface area contributed by atoms with Gasteiger partial charge in [-0.2, -0.15) is 0 Å². The number of fused-ring (bicyclic) bond motifs is 6. The Balaban J connectivity index is 1.20. The fourth-order valence-corrected chi connectivity index (χ4v) is 8.32. The minimum Gasteiger partial charge on any atom is -0.208 e. The number of rotatable bonds is 5. The summed E-state index contributed by atoms with van der Waals surface area (Å²) in [6.45, 7) is 0. The van der Waals surface area contributed by atoms with Crippen molar-refractivity contribution in [3.63, 3.8) is 0 Å². The van der Waals surface area contributed by atoms with Crippen molar-refractivity contribution in [3.05, 3.63) is 176 Å². The molecule has 0 N–H and O–H groups in total. The Kier molecular flexibility index (Phi) is 7.00. The Bertz CT molecular complexity index is 2860. The molecule has 4 heteroatoms. The van der Waals surface area contributed by atoms with Gasteiger partial charge in [0.05, 0.1) is 0 Å². The van der Waals surface area contributed by atoms with Gasteiger partial charge in [0.15, 0.2) is 17.5 Å². The molecule has 10 aromatic rings. The first kappa shape index (κ1) is 29.4. The Morgan fingerprint density at radius 1 is 0.294 bits per heavy atom. The average Bonchev–Trinajstić information content (AvgIpc) is 3.59. The van der Waals surface area contributed by atoms with Crippen LogP contribution in [0.25, 0.3) is 98.1 Å². The lowest BCUT2D eigenvalue weighted by atomic mass is 9.91. The summed E-state index contributed by atoms with van der Waals surface area (Å²) in [7, 11) is 0. The number of nitrogens with zero attached hydrogens (tertiary/aromatic N) is 3. The fraction of sp³-hybridized carbons (Fsp3) is 0. The largest absolute Gasteiger partial charge is 0.208 e.